The molecule has 10 heteroatoms. The lowest BCUT2D eigenvalue weighted by atomic mass is 9.91. The first-order valence-electron chi connectivity index (χ1n) is 15.9. The van der Waals surface area contributed by atoms with Crippen LogP contribution in [0.25, 0.3) is 10.9 Å². The van der Waals surface area contributed by atoms with E-state index in [0.29, 0.717) is 24.6 Å². The second-order valence-corrected chi connectivity index (χ2v) is 11.8. The number of amides is 3. The van der Waals surface area contributed by atoms with E-state index in [-0.39, 0.29) is 42.6 Å². The number of aromatic nitrogens is 2. The smallest absolute Gasteiger partial charge is 0.251 e. The first-order chi connectivity index (χ1) is 21.3. The third-order valence-electron chi connectivity index (χ3n) is 8.03. The van der Waals surface area contributed by atoms with E-state index in [9.17, 15) is 14.4 Å². The zero-order chi connectivity index (χ0) is 31.5. The van der Waals surface area contributed by atoms with Gasteiger partial charge in [0, 0.05) is 56.6 Å². The molecule has 0 spiro atoms. The SMILES string of the molecule is CCCN(CCC)C(=O)C(CCC(=O)N[C@H]1CC[C@@H](Nc2nc(N(C)C)c3ccccc3n2)CC1)NC(=O)c1ccccc1. The minimum Gasteiger partial charge on any atom is -0.362 e. The number of nitrogens with one attached hydrogen (secondary N) is 3. The van der Waals surface area contributed by atoms with Crippen LogP contribution in [-0.4, -0.2) is 77.9 Å². The molecule has 1 aliphatic rings. The van der Waals surface area contributed by atoms with E-state index in [0.717, 1.165) is 55.2 Å². The van der Waals surface area contributed by atoms with Crippen molar-refractivity contribution in [2.75, 3.05) is 37.4 Å². The number of fused-ring (bicyclic) bond motifs is 1. The summed E-state index contributed by atoms with van der Waals surface area (Å²) in [6.07, 6.45) is 5.51. The zero-order valence-corrected chi connectivity index (χ0v) is 26.5. The maximum absolute atomic E-state index is 13.5. The highest BCUT2D eigenvalue weighted by atomic mass is 16.2. The third-order valence-corrected chi connectivity index (χ3v) is 8.03. The van der Waals surface area contributed by atoms with Gasteiger partial charge in [-0.25, -0.2) is 4.98 Å². The van der Waals surface area contributed by atoms with Crippen molar-refractivity contribution in [2.24, 2.45) is 0 Å². The molecular formula is C34H47N7O3. The number of para-hydroxylation sites is 1. The average molecular weight is 602 g/mol. The molecule has 1 aliphatic carbocycles. The number of nitrogens with zero attached hydrogens (tertiary/aromatic N) is 4. The summed E-state index contributed by atoms with van der Waals surface area (Å²) in [6, 6.07) is 16.4. The summed E-state index contributed by atoms with van der Waals surface area (Å²) >= 11 is 0. The van der Waals surface area contributed by atoms with Crippen LogP contribution in [0.2, 0.25) is 0 Å². The normalized spacial score (nSPS) is 17.0. The zero-order valence-electron chi connectivity index (χ0n) is 26.5. The van der Waals surface area contributed by atoms with Crippen LogP contribution in [0.5, 0.6) is 0 Å². The van der Waals surface area contributed by atoms with Gasteiger partial charge >= 0.3 is 0 Å². The number of hydrogen-bond donors (Lipinski definition) is 3. The van der Waals surface area contributed by atoms with Gasteiger partial charge in [0.2, 0.25) is 17.8 Å². The highest BCUT2D eigenvalue weighted by Crippen LogP contribution is 2.26. The predicted molar refractivity (Wildman–Crippen MR) is 176 cm³/mol. The molecule has 44 heavy (non-hydrogen) atoms. The molecule has 1 aromatic heterocycles. The Morgan fingerprint density at radius 1 is 0.864 bits per heavy atom. The van der Waals surface area contributed by atoms with Gasteiger partial charge < -0.3 is 25.8 Å². The fourth-order valence-electron chi connectivity index (χ4n) is 5.79. The summed E-state index contributed by atoms with van der Waals surface area (Å²) in [4.78, 5) is 52.7. The predicted octanol–water partition coefficient (Wildman–Crippen LogP) is 4.76. The number of carbonyl (C=O) groups excluding carboxylic acids is 3. The number of benzene rings is 2. The Kier molecular flexibility index (Phi) is 11.9. The van der Waals surface area contributed by atoms with Crippen molar-refractivity contribution in [1.82, 2.24) is 25.5 Å². The first-order valence-corrected chi connectivity index (χ1v) is 15.9. The van der Waals surface area contributed by atoms with E-state index >= 15 is 0 Å². The Hall–Kier alpha value is -4.21. The summed E-state index contributed by atoms with van der Waals surface area (Å²) < 4.78 is 0. The second kappa shape index (κ2) is 16.0. The highest BCUT2D eigenvalue weighted by Gasteiger charge is 2.28. The Labute approximate surface area is 261 Å². The van der Waals surface area contributed by atoms with E-state index in [1.54, 1.807) is 29.2 Å². The summed E-state index contributed by atoms with van der Waals surface area (Å²) in [5.74, 6) is 0.956. The number of anilines is 2. The number of hydrogen-bond acceptors (Lipinski definition) is 7. The van der Waals surface area contributed by atoms with Crippen molar-refractivity contribution >= 4 is 40.4 Å². The van der Waals surface area contributed by atoms with Gasteiger partial charge in [-0.3, -0.25) is 14.4 Å². The lowest BCUT2D eigenvalue weighted by Gasteiger charge is -2.30. The van der Waals surface area contributed by atoms with Crippen LogP contribution in [0.4, 0.5) is 11.8 Å². The van der Waals surface area contributed by atoms with Crippen molar-refractivity contribution in [1.29, 1.82) is 0 Å². The molecule has 1 heterocycles. The Morgan fingerprint density at radius 2 is 1.50 bits per heavy atom. The van der Waals surface area contributed by atoms with Crippen molar-refractivity contribution in [2.45, 2.75) is 83.3 Å². The minimum absolute atomic E-state index is 0.0696. The van der Waals surface area contributed by atoms with Gasteiger partial charge in [0.15, 0.2) is 0 Å². The van der Waals surface area contributed by atoms with Gasteiger partial charge in [0.25, 0.3) is 5.91 Å². The van der Waals surface area contributed by atoms with Crippen LogP contribution in [0, 0.1) is 0 Å². The summed E-state index contributed by atoms with van der Waals surface area (Å²) in [7, 11) is 3.96. The van der Waals surface area contributed by atoms with Crippen molar-refractivity contribution < 1.29 is 14.4 Å². The topological polar surface area (TPSA) is 120 Å². The lowest BCUT2D eigenvalue weighted by molar-refractivity contribution is -0.133. The van der Waals surface area contributed by atoms with Crippen molar-refractivity contribution in [3.8, 4) is 0 Å². The van der Waals surface area contributed by atoms with Gasteiger partial charge in [0.1, 0.15) is 11.9 Å². The standard InChI is InChI=1S/C34H47N7O3/c1-5-22-41(23-6-2)33(44)29(37-32(43)24-12-8-7-9-13-24)20-21-30(42)35-25-16-18-26(19-17-25)36-34-38-28-15-11-10-14-27(28)31(39-34)40(3)4/h7-15,25-26,29H,5-6,16-23H2,1-4H3,(H,35,42)(H,37,43)(H,36,38,39)/t25-,26+,29?. The van der Waals surface area contributed by atoms with Crippen LogP contribution >= 0.6 is 0 Å². The molecule has 4 rings (SSSR count). The molecule has 0 radical (unpaired) electrons. The summed E-state index contributed by atoms with van der Waals surface area (Å²) in [5.41, 5.74) is 1.39. The molecule has 3 aromatic rings. The molecule has 0 saturated heterocycles. The molecule has 3 N–H and O–H groups in total. The molecule has 236 valence electrons. The average Bonchev–Trinajstić information content (AvgIpc) is 3.03. The van der Waals surface area contributed by atoms with E-state index in [4.69, 9.17) is 9.97 Å². The fraction of sp³-hybridized carbons (Fsp3) is 0.500. The third kappa shape index (κ3) is 8.90. The van der Waals surface area contributed by atoms with E-state index < -0.39 is 6.04 Å². The molecule has 1 atom stereocenters. The summed E-state index contributed by atoms with van der Waals surface area (Å²) in [5, 5.41) is 10.6. The maximum atomic E-state index is 13.5. The van der Waals surface area contributed by atoms with Crippen molar-refractivity contribution in [3.05, 3.63) is 60.2 Å². The Balaban J connectivity index is 1.31. The molecule has 2 aromatic carbocycles. The van der Waals surface area contributed by atoms with Gasteiger partial charge in [-0.15, -0.1) is 0 Å². The van der Waals surface area contributed by atoms with Gasteiger partial charge in [-0.05, 0) is 69.2 Å². The van der Waals surface area contributed by atoms with E-state index in [1.165, 1.54) is 0 Å². The Morgan fingerprint density at radius 3 is 2.16 bits per heavy atom. The van der Waals surface area contributed by atoms with Crippen LogP contribution in [0.1, 0.15) is 75.6 Å². The molecule has 0 aliphatic heterocycles. The largest absolute Gasteiger partial charge is 0.362 e. The second-order valence-electron chi connectivity index (χ2n) is 11.8. The minimum atomic E-state index is -0.763. The molecule has 1 unspecified atom stereocenters. The van der Waals surface area contributed by atoms with Crippen LogP contribution < -0.4 is 20.9 Å². The van der Waals surface area contributed by atoms with E-state index in [2.05, 4.69) is 16.0 Å². The highest BCUT2D eigenvalue weighted by molar-refractivity contribution is 5.97. The lowest BCUT2D eigenvalue weighted by Crippen LogP contribution is -2.49. The molecule has 3 amide bonds. The van der Waals surface area contributed by atoms with Crippen LogP contribution in [-0.2, 0) is 9.59 Å². The fourth-order valence-corrected chi connectivity index (χ4v) is 5.79. The Bertz CT molecular complexity index is 1380. The quantitative estimate of drug-likeness (QED) is 0.244. The van der Waals surface area contributed by atoms with E-state index in [1.807, 2.05) is 63.2 Å². The van der Waals surface area contributed by atoms with Gasteiger partial charge in [0.05, 0.1) is 5.52 Å². The molecule has 0 bridgehead atoms. The number of rotatable bonds is 14. The van der Waals surface area contributed by atoms with Crippen LogP contribution in [0.15, 0.2) is 54.6 Å². The molecule has 1 fully saturated rings. The molecular weight excluding hydrogens is 554 g/mol. The molecule has 10 nitrogen and oxygen atoms in total. The molecule has 1 saturated carbocycles. The first kappa shape index (κ1) is 32.7. The van der Waals surface area contributed by atoms with Crippen LogP contribution in [0.3, 0.4) is 0 Å². The summed E-state index contributed by atoms with van der Waals surface area (Å²) in [6.45, 7) is 5.30. The maximum Gasteiger partial charge on any atom is 0.251 e. The number of carbonyl (C=O) groups is 3. The van der Waals surface area contributed by atoms with Gasteiger partial charge in [-0.2, -0.15) is 4.98 Å². The van der Waals surface area contributed by atoms with Gasteiger partial charge in [-0.1, -0.05) is 44.2 Å². The van der Waals surface area contributed by atoms with Crippen molar-refractivity contribution in [3.63, 3.8) is 0 Å². The monoisotopic (exact) mass is 601 g/mol.